The average molecular weight is 405 g/mol. The standard InChI is InChI=1S/C22H17F2N5O/c23-19-10-6-16(7-11-19)14-25-28-22(27-21(30)18-4-2-1-3-5-18)29-26-15-17-8-12-20(24)13-9-17/h1-15H,(H2,27,28,29,30). The Labute approximate surface area is 171 Å². The zero-order valence-corrected chi connectivity index (χ0v) is 15.7. The van der Waals surface area contributed by atoms with Crippen molar-refractivity contribution >= 4 is 24.3 Å². The van der Waals surface area contributed by atoms with Crippen LogP contribution in [0.2, 0.25) is 0 Å². The molecule has 0 aliphatic rings. The number of halogens is 2. The van der Waals surface area contributed by atoms with Gasteiger partial charge in [-0.05, 0) is 47.5 Å². The van der Waals surface area contributed by atoms with Crippen LogP contribution in [0.5, 0.6) is 0 Å². The molecule has 0 saturated heterocycles. The van der Waals surface area contributed by atoms with Crippen LogP contribution >= 0.6 is 0 Å². The first-order valence-electron chi connectivity index (χ1n) is 8.88. The van der Waals surface area contributed by atoms with E-state index in [1.165, 1.54) is 48.8 Å². The van der Waals surface area contributed by atoms with Crippen molar-refractivity contribution in [2.24, 2.45) is 15.3 Å². The summed E-state index contributed by atoms with van der Waals surface area (Å²) in [5.74, 6) is -1.15. The molecule has 3 aromatic carbocycles. The maximum atomic E-state index is 13.0. The summed E-state index contributed by atoms with van der Waals surface area (Å²) in [4.78, 5) is 12.4. The van der Waals surface area contributed by atoms with Gasteiger partial charge in [-0.25, -0.2) is 14.2 Å². The number of amides is 1. The molecule has 3 rings (SSSR count). The van der Waals surface area contributed by atoms with Gasteiger partial charge < -0.3 is 0 Å². The van der Waals surface area contributed by atoms with E-state index in [-0.39, 0.29) is 17.6 Å². The van der Waals surface area contributed by atoms with Crippen LogP contribution in [0, 0.1) is 11.6 Å². The molecule has 0 radical (unpaired) electrons. The molecule has 0 spiro atoms. The van der Waals surface area contributed by atoms with Crippen molar-refractivity contribution in [2.45, 2.75) is 0 Å². The summed E-state index contributed by atoms with van der Waals surface area (Å²) in [7, 11) is 0. The van der Waals surface area contributed by atoms with Crippen molar-refractivity contribution in [3.05, 3.63) is 107 Å². The molecule has 0 aliphatic heterocycles. The van der Waals surface area contributed by atoms with Crippen molar-refractivity contribution in [1.29, 1.82) is 0 Å². The van der Waals surface area contributed by atoms with E-state index in [1.807, 2.05) is 0 Å². The Morgan fingerprint density at radius 3 is 1.93 bits per heavy atom. The normalized spacial score (nSPS) is 11.7. The SMILES string of the molecule is O=C(NC(=NN=Cc1ccc(F)cc1)NN=Cc1ccc(F)cc1)c1ccccc1. The Hall–Kier alpha value is -4.20. The largest absolute Gasteiger partial charge is 0.290 e. The summed E-state index contributed by atoms with van der Waals surface area (Å²) < 4.78 is 26.0. The summed E-state index contributed by atoms with van der Waals surface area (Å²) in [6, 6.07) is 19.9. The predicted molar refractivity (Wildman–Crippen MR) is 112 cm³/mol. The van der Waals surface area contributed by atoms with Crippen LogP contribution in [0.25, 0.3) is 0 Å². The number of carbonyl (C=O) groups is 1. The molecule has 0 saturated carbocycles. The molecule has 0 aromatic heterocycles. The molecular formula is C22H17F2N5O. The maximum absolute atomic E-state index is 13.0. The Morgan fingerprint density at radius 1 is 0.767 bits per heavy atom. The summed E-state index contributed by atoms with van der Waals surface area (Å²) in [6.07, 6.45) is 2.84. The molecule has 3 aromatic rings. The molecular weight excluding hydrogens is 388 g/mol. The van der Waals surface area contributed by atoms with Crippen LogP contribution in [-0.2, 0) is 0 Å². The molecule has 6 nitrogen and oxygen atoms in total. The van der Waals surface area contributed by atoms with Gasteiger partial charge in [0.25, 0.3) is 5.91 Å². The number of nitrogens with one attached hydrogen (secondary N) is 2. The van der Waals surface area contributed by atoms with Crippen molar-refractivity contribution in [2.75, 3.05) is 0 Å². The monoisotopic (exact) mass is 405 g/mol. The van der Waals surface area contributed by atoms with E-state index in [0.717, 1.165) is 0 Å². The fraction of sp³-hybridized carbons (Fsp3) is 0. The quantitative estimate of drug-likeness (QED) is 0.386. The van der Waals surface area contributed by atoms with Gasteiger partial charge in [0.05, 0.1) is 12.4 Å². The second-order valence-electron chi connectivity index (χ2n) is 5.99. The highest BCUT2D eigenvalue weighted by atomic mass is 19.1. The van der Waals surface area contributed by atoms with Crippen LogP contribution < -0.4 is 10.7 Å². The Bertz CT molecular complexity index is 1060. The van der Waals surface area contributed by atoms with Gasteiger partial charge in [0.15, 0.2) is 0 Å². The van der Waals surface area contributed by atoms with Crippen molar-refractivity contribution in [1.82, 2.24) is 10.7 Å². The second kappa shape index (κ2) is 10.4. The minimum atomic E-state index is -0.407. The van der Waals surface area contributed by atoms with E-state index in [1.54, 1.807) is 42.5 Å². The third-order valence-corrected chi connectivity index (χ3v) is 3.76. The average Bonchev–Trinajstić information content (AvgIpc) is 2.77. The number of hydrazone groups is 1. The third kappa shape index (κ3) is 6.45. The Morgan fingerprint density at radius 2 is 1.33 bits per heavy atom. The second-order valence-corrected chi connectivity index (χ2v) is 5.99. The minimum absolute atomic E-state index is 0.0272. The van der Waals surface area contributed by atoms with Crippen LogP contribution in [0.1, 0.15) is 21.5 Å². The van der Waals surface area contributed by atoms with E-state index in [0.29, 0.717) is 16.7 Å². The first-order chi connectivity index (χ1) is 14.6. The van der Waals surface area contributed by atoms with Gasteiger partial charge in [-0.3, -0.25) is 10.1 Å². The highest BCUT2D eigenvalue weighted by Gasteiger charge is 2.07. The van der Waals surface area contributed by atoms with Crippen molar-refractivity contribution < 1.29 is 13.6 Å². The number of hydrogen-bond acceptors (Lipinski definition) is 4. The molecule has 1 amide bonds. The van der Waals surface area contributed by atoms with Gasteiger partial charge in [0.1, 0.15) is 11.6 Å². The lowest BCUT2D eigenvalue weighted by Gasteiger charge is -2.06. The lowest BCUT2D eigenvalue weighted by molar-refractivity contribution is 0.0975. The van der Waals surface area contributed by atoms with Crippen LogP contribution in [0.15, 0.2) is 94.2 Å². The van der Waals surface area contributed by atoms with Gasteiger partial charge in [0, 0.05) is 5.56 Å². The van der Waals surface area contributed by atoms with E-state index >= 15 is 0 Å². The number of carbonyl (C=O) groups excluding carboxylic acids is 1. The molecule has 8 heteroatoms. The van der Waals surface area contributed by atoms with Crippen LogP contribution in [0.3, 0.4) is 0 Å². The molecule has 150 valence electrons. The lowest BCUT2D eigenvalue weighted by atomic mass is 10.2. The minimum Gasteiger partial charge on any atom is -0.290 e. The molecule has 0 aliphatic carbocycles. The number of benzene rings is 3. The molecule has 0 unspecified atom stereocenters. The zero-order valence-electron chi connectivity index (χ0n) is 15.7. The fourth-order valence-corrected chi connectivity index (χ4v) is 2.26. The zero-order chi connectivity index (χ0) is 21.2. The van der Waals surface area contributed by atoms with E-state index in [2.05, 4.69) is 26.0 Å². The van der Waals surface area contributed by atoms with Gasteiger partial charge in [-0.2, -0.15) is 10.2 Å². The first kappa shape index (κ1) is 20.5. The predicted octanol–water partition coefficient (Wildman–Crippen LogP) is 3.71. The molecule has 0 atom stereocenters. The lowest BCUT2D eigenvalue weighted by Crippen LogP contribution is -2.38. The van der Waals surface area contributed by atoms with Gasteiger partial charge in [-0.1, -0.05) is 42.5 Å². The number of hydrogen-bond donors (Lipinski definition) is 2. The Balaban J connectivity index is 1.73. The molecule has 2 N–H and O–H groups in total. The van der Waals surface area contributed by atoms with Gasteiger partial charge >= 0.3 is 0 Å². The molecule has 0 bridgehead atoms. The van der Waals surface area contributed by atoms with Crippen molar-refractivity contribution in [3.8, 4) is 0 Å². The topological polar surface area (TPSA) is 78.2 Å². The van der Waals surface area contributed by atoms with E-state index in [4.69, 9.17) is 0 Å². The summed E-state index contributed by atoms with van der Waals surface area (Å²) in [5.41, 5.74) is 4.30. The number of guanidine groups is 1. The Kier molecular flexibility index (Phi) is 7.10. The maximum Gasteiger partial charge on any atom is 0.258 e. The molecule has 30 heavy (non-hydrogen) atoms. The van der Waals surface area contributed by atoms with E-state index < -0.39 is 5.91 Å². The fourth-order valence-electron chi connectivity index (χ4n) is 2.26. The highest BCUT2D eigenvalue weighted by Crippen LogP contribution is 2.01. The van der Waals surface area contributed by atoms with Crippen LogP contribution in [0.4, 0.5) is 8.78 Å². The number of rotatable bonds is 5. The van der Waals surface area contributed by atoms with Crippen LogP contribution in [-0.4, -0.2) is 24.3 Å². The summed E-state index contributed by atoms with van der Waals surface area (Å²) >= 11 is 0. The highest BCUT2D eigenvalue weighted by molar-refractivity contribution is 6.05. The number of nitrogens with zero attached hydrogens (tertiary/aromatic N) is 3. The molecule has 0 heterocycles. The summed E-state index contributed by atoms with van der Waals surface area (Å²) in [6.45, 7) is 0. The third-order valence-electron chi connectivity index (χ3n) is 3.76. The first-order valence-corrected chi connectivity index (χ1v) is 8.88. The smallest absolute Gasteiger partial charge is 0.258 e. The van der Waals surface area contributed by atoms with E-state index in [9.17, 15) is 13.6 Å². The van der Waals surface area contributed by atoms with Crippen molar-refractivity contribution in [3.63, 3.8) is 0 Å². The molecule has 0 fully saturated rings. The summed E-state index contributed by atoms with van der Waals surface area (Å²) in [5, 5.41) is 14.4. The van der Waals surface area contributed by atoms with Gasteiger partial charge in [-0.15, -0.1) is 5.10 Å². The van der Waals surface area contributed by atoms with Gasteiger partial charge in [0.2, 0.25) is 5.96 Å².